The smallest absolute Gasteiger partial charge is 0.111 e. The van der Waals surface area contributed by atoms with Crippen molar-refractivity contribution in [3.05, 3.63) is 12.7 Å². The maximum Gasteiger partial charge on any atom is 0.180 e. The SMILES string of the molecule is C=CCC1=NN=N[N]1. The van der Waals surface area contributed by atoms with E-state index in [-0.39, 0.29) is 0 Å². The molecule has 1 aliphatic heterocycles. The van der Waals surface area contributed by atoms with Crippen molar-refractivity contribution < 1.29 is 0 Å². The Hall–Kier alpha value is -1.19. The first-order valence-corrected chi connectivity index (χ1v) is 2.22. The summed E-state index contributed by atoms with van der Waals surface area (Å²) in [6.07, 6.45) is 2.35. The second kappa shape index (κ2) is 2.20. The Balaban J connectivity index is 2.39. The fourth-order valence-electron chi connectivity index (χ4n) is 0.374. The van der Waals surface area contributed by atoms with Gasteiger partial charge in [-0.15, -0.1) is 17.1 Å². The molecule has 0 aromatic rings. The van der Waals surface area contributed by atoms with Crippen LogP contribution in [0.25, 0.3) is 0 Å². The Labute approximate surface area is 47.0 Å². The lowest BCUT2D eigenvalue weighted by Gasteiger charge is -1.83. The van der Waals surface area contributed by atoms with E-state index in [0.29, 0.717) is 12.3 Å². The van der Waals surface area contributed by atoms with Gasteiger partial charge in [-0.25, -0.2) is 0 Å². The molecule has 0 amide bonds. The van der Waals surface area contributed by atoms with Crippen LogP contribution in [0.5, 0.6) is 0 Å². The summed E-state index contributed by atoms with van der Waals surface area (Å²) >= 11 is 0. The minimum atomic E-state index is 0.625. The molecule has 8 heavy (non-hydrogen) atoms. The number of rotatable bonds is 2. The van der Waals surface area contributed by atoms with E-state index in [0.717, 1.165) is 0 Å². The Morgan fingerprint density at radius 1 is 1.50 bits per heavy atom. The monoisotopic (exact) mass is 109 g/mol. The predicted octanol–water partition coefficient (Wildman–Crippen LogP) is 0.861. The highest BCUT2D eigenvalue weighted by molar-refractivity contribution is 5.83. The average Bonchev–Trinajstić information content (AvgIpc) is 2.19. The van der Waals surface area contributed by atoms with E-state index in [4.69, 9.17) is 0 Å². The molecule has 0 aliphatic carbocycles. The summed E-state index contributed by atoms with van der Waals surface area (Å²) in [5.41, 5.74) is 3.56. The molecule has 0 aromatic carbocycles. The van der Waals surface area contributed by atoms with E-state index in [1.807, 2.05) is 0 Å². The molecule has 0 aromatic heterocycles. The van der Waals surface area contributed by atoms with E-state index in [1.54, 1.807) is 6.08 Å². The number of hydrogen-bond acceptors (Lipinski definition) is 3. The van der Waals surface area contributed by atoms with E-state index in [9.17, 15) is 0 Å². The number of amidine groups is 1. The fourth-order valence-corrected chi connectivity index (χ4v) is 0.374. The van der Waals surface area contributed by atoms with Crippen LogP contribution < -0.4 is 5.43 Å². The van der Waals surface area contributed by atoms with E-state index < -0.39 is 0 Å². The zero-order valence-electron chi connectivity index (χ0n) is 4.28. The standard InChI is InChI=1S/C4H5N4/c1-2-3-4-5-7-8-6-4/h2H,1,3H2. The summed E-state index contributed by atoms with van der Waals surface area (Å²) in [7, 11) is 0. The first-order valence-electron chi connectivity index (χ1n) is 2.22. The molecule has 0 spiro atoms. The normalized spacial score (nSPS) is 15.2. The van der Waals surface area contributed by atoms with Gasteiger partial charge in [0.25, 0.3) is 0 Å². The Bertz CT molecular complexity index is 146. The van der Waals surface area contributed by atoms with Crippen LogP contribution in [0.15, 0.2) is 28.2 Å². The van der Waals surface area contributed by atoms with Crippen molar-refractivity contribution in [1.29, 1.82) is 0 Å². The zero-order chi connectivity index (χ0) is 5.82. The van der Waals surface area contributed by atoms with Crippen LogP contribution in [0.4, 0.5) is 0 Å². The average molecular weight is 109 g/mol. The molecule has 1 rings (SSSR count). The summed E-state index contributed by atoms with van der Waals surface area (Å²) < 4.78 is 0. The Morgan fingerprint density at radius 2 is 2.38 bits per heavy atom. The summed E-state index contributed by atoms with van der Waals surface area (Å²) in [6.45, 7) is 3.50. The van der Waals surface area contributed by atoms with Crippen molar-refractivity contribution in [3.8, 4) is 0 Å². The van der Waals surface area contributed by atoms with Gasteiger partial charge in [0, 0.05) is 6.42 Å². The summed E-state index contributed by atoms with van der Waals surface area (Å²) in [4.78, 5) is 0. The highest BCUT2D eigenvalue weighted by Crippen LogP contribution is 1.94. The van der Waals surface area contributed by atoms with Crippen LogP contribution in [0.2, 0.25) is 0 Å². The van der Waals surface area contributed by atoms with Gasteiger partial charge in [0.1, 0.15) is 0 Å². The topological polar surface area (TPSA) is 51.2 Å². The second-order valence-corrected chi connectivity index (χ2v) is 1.29. The van der Waals surface area contributed by atoms with Crippen LogP contribution in [0.1, 0.15) is 6.42 Å². The molecule has 1 radical (unpaired) electrons. The van der Waals surface area contributed by atoms with Gasteiger partial charge >= 0.3 is 0 Å². The van der Waals surface area contributed by atoms with E-state index >= 15 is 0 Å². The molecular weight excluding hydrogens is 104 g/mol. The summed E-state index contributed by atoms with van der Waals surface area (Å²) in [5, 5.41) is 10.1. The predicted molar refractivity (Wildman–Crippen MR) is 29.2 cm³/mol. The van der Waals surface area contributed by atoms with Crippen molar-refractivity contribution >= 4 is 5.84 Å². The van der Waals surface area contributed by atoms with Gasteiger partial charge in [-0.05, 0) is 10.4 Å². The summed E-state index contributed by atoms with van der Waals surface area (Å²) in [6, 6.07) is 0. The third-order valence-electron chi connectivity index (χ3n) is 0.687. The molecule has 0 unspecified atom stereocenters. The molecule has 0 N–H and O–H groups in total. The maximum absolute atomic E-state index is 3.56. The molecule has 0 atom stereocenters. The van der Waals surface area contributed by atoms with Crippen molar-refractivity contribution in [3.63, 3.8) is 0 Å². The quantitative estimate of drug-likeness (QED) is 0.472. The highest BCUT2D eigenvalue weighted by Gasteiger charge is 2.00. The van der Waals surface area contributed by atoms with Gasteiger partial charge in [0.2, 0.25) is 0 Å². The lowest BCUT2D eigenvalue weighted by Crippen LogP contribution is -2.02. The molecule has 4 heteroatoms. The molecule has 0 saturated heterocycles. The van der Waals surface area contributed by atoms with Gasteiger partial charge < -0.3 is 0 Å². The first kappa shape index (κ1) is 4.96. The van der Waals surface area contributed by atoms with Gasteiger partial charge in [-0.1, -0.05) is 6.08 Å². The maximum atomic E-state index is 3.56. The summed E-state index contributed by atoms with van der Waals surface area (Å²) in [5.74, 6) is 0.625. The van der Waals surface area contributed by atoms with Gasteiger partial charge in [0.15, 0.2) is 5.84 Å². The van der Waals surface area contributed by atoms with Crippen molar-refractivity contribution in [2.24, 2.45) is 15.5 Å². The van der Waals surface area contributed by atoms with Gasteiger partial charge in [-0.2, -0.15) is 0 Å². The molecule has 0 saturated carbocycles. The third-order valence-corrected chi connectivity index (χ3v) is 0.687. The molecular formula is C4H5N4. The fraction of sp³-hybridized carbons (Fsp3) is 0.250. The van der Waals surface area contributed by atoms with Crippen molar-refractivity contribution in [2.45, 2.75) is 6.42 Å². The largest absolute Gasteiger partial charge is 0.180 e. The number of hydrogen-bond donors (Lipinski definition) is 0. The third kappa shape index (κ3) is 0.900. The molecule has 0 fully saturated rings. The van der Waals surface area contributed by atoms with E-state index in [1.165, 1.54) is 0 Å². The number of nitrogens with zero attached hydrogens (tertiary/aromatic N) is 4. The van der Waals surface area contributed by atoms with Gasteiger partial charge in [0.05, 0.1) is 0 Å². The highest BCUT2D eigenvalue weighted by atomic mass is 15.6. The minimum absolute atomic E-state index is 0.625. The lowest BCUT2D eigenvalue weighted by molar-refractivity contribution is 0.917. The molecule has 41 valence electrons. The second-order valence-electron chi connectivity index (χ2n) is 1.29. The molecule has 1 aliphatic rings. The molecule has 0 bridgehead atoms. The lowest BCUT2D eigenvalue weighted by atomic mass is 10.4. The Morgan fingerprint density at radius 3 is 2.88 bits per heavy atom. The van der Waals surface area contributed by atoms with Crippen LogP contribution in [-0.4, -0.2) is 5.84 Å². The van der Waals surface area contributed by atoms with Crippen LogP contribution >= 0.6 is 0 Å². The van der Waals surface area contributed by atoms with Crippen LogP contribution in [-0.2, 0) is 0 Å². The van der Waals surface area contributed by atoms with Crippen LogP contribution in [0.3, 0.4) is 0 Å². The minimum Gasteiger partial charge on any atom is -0.111 e. The van der Waals surface area contributed by atoms with Crippen molar-refractivity contribution in [1.82, 2.24) is 5.43 Å². The first-order chi connectivity index (χ1) is 3.93. The Kier molecular flexibility index (Phi) is 1.37. The molecule has 4 nitrogen and oxygen atoms in total. The van der Waals surface area contributed by atoms with E-state index in [2.05, 4.69) is 27.6 Å². The zero-order valence-corrected chi connectivity index (χ0v) is 4.28. The van der Waals surface area contributed by atoms with Crippen molar-refractivity contribution in [2.75, 3.05) is 0 Å². The van der Waals surface area contributed by atoms with Gasteiger partial charge in [-0.3, -0.25) is 0 Å². The van der Waals surface area contributed by atoms with Crippen LogP contribution in [0, 0.1) is 0 Å². The molecule has 1 heterocycles.